The van der Waals surface area contributed by atoms with Crippen LogP contribution in [-0.2, 0) is 22.0 Å². The highest BCUT2D eigenvalue weighted by Gasteiger charge is 2.29. The smallest absolute Gasteiger partial charge is 0.287 e. The molecular formula is C17H14ClN3O5S. The number of rotatable bonds is 3. The topological polar surface area (TPSA) is 111 Å². The zero-order valence-electron chi connectivity index (χ0n) is 14.2. The van der Waals surface area contributed by atoms with Crippen molar-refractivity contribution in [2.75, 3.05) is 0 Å². The molecule has 0 atom stereocenters. The Hall–Kier alpha value is -2.75. The van der Waals surface area contributed by atoms with Crippen LogP contribution in [0, 0.1) is 6.92 Å². The summed E-state index contributed by atoms with van der Waals surface area (Å²) in [7, 11) is -3.10. The summed E-state index contributed by atoms with van der Waals surface area (Å²) in [6.07, 6.45) is 2.01. The van der Waals surface area contributed by atoms with Gasteiger partial charge in [0, 0.05) is 7.05 Å². The van der Waals surface area contributed by atoms with E-state index in [1.54, 1.807) is 42.9 Å². The van der Waals surface area contributed by atoms with E-state index in [1.165, 1.54) is 4.68 Å². The molecule has 1 N–H and O–H groups in total. The summed E-state index contributed by atoms with van der Waals surface area (Å²) in [5.74, 6) is -1.04. The van der Waals surface area contributed by atoms with E-state index in [4.69, 9.17) is 11.6 Å². The van der Waals surface area contributed by atoms with Gasteiger partial charge in [-0.15, -0.1) is 0 Å². The van der Waals surface area contributed by atoms with Gasteiger partial charge in [0.05, 0.1) is 22.1 Å². The number of hydrogen-bond donors (Lipinski definition) is 1. The molecule has 0 amide bonds. The highest BCUT2D eigenvalue weighted by Crippen LogP contribution is 2.23. The molecule has 0 aliphatic heterocycles. The van der Waals surface area contributed by atoms with Crippen LogP contribution in [0.15, 0.2) is 62.2 Å². The first-order chi connectivity index (χ1) is 12.6. The molecule has 10 heteroatoms. The number of halogens is 1. The molecule has 0 bridgehead atoms. The maximum atomic E-state index is 12.8. The molecule has 2 aromatic rings. The summed E-state index contributed by atoms with van der Waals surface area (Å²) in [5, 5.41) is -0.430. The van der Waals surface area contributed by atoms with E-state index in [1.807, 2.05) is 6.07 Å². The molecule has 27 heavy (non-hydrogen) atoms. The molecule has 0 saturated carbocycles. The summed E-state index contributed by atoms with van der Waals surface area (Å²) >= 11 is 5.77. The Bertz CT molecular complexity index is 1200. The molecule has 0 saturated heterocycles. The molecule has 1 heterocycles. The first-order valence-electron chi connectivity index (χ1n) is 7.65. The van der Waals surface area contributed by atoms with Gasteiger partial charge in [-0.1, -0.05) is 29.8 Å². The van der Waals surface area contributed by atoms with Crippen molar-refractivity contribution in [1.82, 2.24) is 9.36 Å². The Balaban J connectivity index is 2.20. The van der Waals surface area contributed by atoms with E-state index in [9.17, 15) is 22.6 Å². The Morgan fingerprint density at radius 2 is 1.74 bits per heavy atom. The Kier molecular flexibility index (Phi) is 4.77. The van der Waals surface area contributed by atoms with Crippen LogP contribution in [0.4, 0.5) is 5.69 Å². The van der Waals surface area contributed by atoms with E-state index in [-0.39, 0.29) is 11.4 Å². The minimum atomic E-state index is -4.78. The minimum absolute atomic E-state index is 0.0433. The van der Waals surface area contributed by atoms with Crippen molar-refractivity contribution >= 4 is 38.9 Å². The van der Waals surface area contributed by atoms with Gasteiger partial charge in [0.2, 0.25) is 5.78 Å². The fraction of sp³-hybridized carbons (Fsp3) is 0.118. The van der Waals surface area contributed by atoms with Crippen molar-refractivity contribution in [2.24, 2.45) is 12.0 Å². The Labute approximate surface area is 159 Å². The largest absolute Gasteiger partial charge is 0.298 e. The van der Waals surface area contributed by atoms with Gasteiger partial charge >= 0.3 is 0 Å². The minimum Gasteiger partial charge on any atom is -0.287 e. The number of para-hydroxylation sites is 1. The molecule has 0 radical (unpaired) electrons. The second kappa shape index (κ2) is 6.76. The van der Waals surface area contributed by atoms with Crippen molar-refractivity contribution in [2.45, 2.75) is 6.92 Å². The van der Waals surface area contributed by atoms with Crippen molar-refractivity contribution in [3.05, 3.63) is 68.5 Å². The predicted octanol–water partition coefficient (Wildman–Crippen LogP) is 2.03. The fourth-order valence-corrected chi connectivity index (χ4v) is 3.51. The van der Waals surface area contributed by atoms with Gasteiger partial charge in [0.15, 0.2) is 5.69 Å². The van der Waals surface area contributed by atoms with Gasteiger partial charge in [-0.05, 0) is 31.2 Å². The first-order valence-corrected chi connectivity index (χ1v) is 9.47. The molecule has 3 rings (SSSR count). The lowest BCUT2D eigenvalue weighted by atomic mass is 10.1. The molecule has 0 unspecified atom stereocenters. The molecule has 1 aliphatic carbocycles. The number of carbonyl (C=O) groups excluding carboxylic acids is 1. The number of ketones is 1. The van der Waals surface area contributed by atoms with Gasteiger partial charge in [0.25, 0.3) is 15.7 Å². The lowest BCUT2D eigenvalue weighted by molar-refractivity contribution is -0.111. The number of carbonyl (C=O) groups is 1. The molecule has 8 nitrogen and oxygen atoms in total. The van der Waals surface area contributed by atoms with Crippen LogP contribution in [0.3, 0.4) is 0 Å². The van der Waals surface area contributed by atoms with Crippen LogP contribution in [0.25, 0.3) is 5.69 Å². The van der Waals surface area contributed by atoms with Crippen LogP contribution in [0.5, 0.6) is 0 Å². The van der Waals surface area contributed by atoms with Gasteiger partial charge < -0.3 is 0 Å². The van der Waals surface area contributed by atoms with Crippen LogP contribution < -0.4 is 5.56 Å². The number of benzene rings is 1. The number of aromatic nitrogens is 2. The van der Waals surface area contributed by atoms with Crippen molar-refractivity contribution in [1.29, 1.82) is 0 Å². The molecule has 1 aromatic carbocycles. The van der Waals surface area contributed by atoms with E-state index in [2.05, 4.69) is 4.99 Å². The lowest BCUT2D eigenvalue weighted by Crippen LogP contribution is -2.20. The third-order valence-corrected chi connectivity index (χ3v) is 5.18. The zero-order chi connectivity index (χ0) is 19.9. The summed E-state index contributed by atoms with van der Waals surface area (Å²) in [5.41, 5.74) is 0.716. The van der Waals surface area contributed by atoms with Crippen LogP contribution in [-0.4, -0.2) is 33.8 Å². The van der Waals surface area contributed by atoms with Gasteiger partial charge in [-0.3, -0.25) is 18.8 Å². The SMILES string of the molecule is Cc1c(N=C2C=C(Cl)C(=O)C(S(=O)(=O)O)=C2)c(=O)n(-c2ccccc2)n1C. The second-order valence-electron chi connectivity index (χ2n) is 5.75. The zero-order valence-corrected chi connectivity index (χ0v) is 15.8. The molecule has 0 spiro atoms. The van der Waals surface area contributed by atoms with E-state index in [0.29, 0.717) is 11.4 Å². The van der Waals surface area contributed by atoms with E-state index >= 15 is 0 Å². The maximum absolute atomic E-state index is 12.8. The van der Waals surface area contributed by atoms with Crippen molar-refractivity contribution < 1.29 is 17.8 Å². The number of hydrogen-bond acceptors (Lipinski definition) is 5. The predicted molar refractivity (Wildman–Crippen MR) is 101 cm³/mol. The summed E-state index contributed by atoms with van der Waals surface area (Å²) in [6, 6.07) is 8.89. The van der Waals surface area contributed by atoms with Crippen molar-refractivity contribution in [3.63, 3.8) is 0 Å². The molecule has 1 aliphatic rings. The van der Waals surface area contributed by atoms with Gasteiger partial charge in [-0.25, -0.2) is 9.67 Å². The molecule has 140 valence electrons. The molecule has 0 fully saturated rings. The van der Waals surface area contributed by atoms with E-state index in [0.717, 1.165) is 12.2 Å². The van der Waals surface area contributed by atoms with Crippen LogP contribution in [0.2, 0.25) is 0 Å². The quantitative estimate of drug-likeness (QED) is 0.618. The number of Topliss-reactive ketones (excluding diaryl/α,β-unsaturated/α-hetero) is 1. The molecular weight excluding hydrogens is 394 g/mol. The van der Waals surface area contributed by atoms with Gasteiger partial charge in [0.1, 0.15) is 4.91 Å². The summed E-state index contributed by atoms with van der Waals surface area (Å²) in [6.45, 7) is 1.67. The Morgan fingerprint density at radius 3 is 2.33 bits per heavy atom. The summed E-state index contributed by atoms with van der Waals surface area (Å²) < 4.78 is 34.9. The number of nitrogens with zero attached hydrogens (tertiary/aromatic N) is 3. The van der Waals surface area contributed by atoms with Crippen LogP contribution >= 0.6 is 11.6 Å². The average Bonchev–Trinajstić information content (AvgIpc) is 2.81. The molecule has 1 aromatic heterocycles. The highest BCUT2D eigenvalue weighted by molar-refractivity contribution is 7.91. The standard InChI is InChI=1S/C17H14ClN3O5S/c1-10-15(17(23)21(20(10)2)12-6-4-3-5-7-12)19-11-8-13(18)16(22)14(9-11)27(24,25)26/h3-9H,1-2H3,(H,24,25,26). The third kappa shape index (κ3) is 3.44. The monoisotopic (exact) mass is 407 g/mol. The highest BCUT2D eigenvalue weighted by atomic mass is 35.5. The maximum Gasteiger partial charge on any atom is 0.298 e. The fourth-order valence-electron chi connectivity index (χ4n) is 2.62. The Morgan fingerprint density at radius 1 is 1.11 bits per heavy atom. The third-order valence-electron chi connectivity index (χ3n) is 4.04. The summed E-state index contributed by atoms with van der Waals surface area (Å²) in [4.78, 5) is 27.9. The van der Waals surface area contributed by atoms with Crippen LogP contribution in [0.1, 0.15) is 5.69 Å². The lowest BCUT2D eigenvalue weighted by Gasteiger charge is -2.08. The van der Waals surface area contributed by atoms with Crippen molar-refractivity contribution in [3.8, 4) is 5.69 Å². The van der Waals surface area contributed by atoms with E-state index < -0.39 is 31.4 Å². The average molecular weight is 408 g/mol. The first kappa shape index (κ1) is 19.0. The van der Waals surface area contributed by atoms with Gasteiger partial charge in [-0.2, -0.15) is 8.42 Å². The number of aliphatic imine (C=N–C) groups is 1. The second-order valence-corrected chi connectivity index (χ2v) is 7.55. The normalized spacial score (nSPS) is 16.4. The number of allylic oxidation sites excluding steroid dienone is 4.